The van der Waals surface area contributed by atoms with E-state index in [4.69, 9.17) is 11.6 Å². The first-order chi connectivity index (χ1) is 9.15. The number of hydrogen-bond acceptors (Lipinski definition) is 2. The topological polar surface area (TPSA) is 46.5 Å². The van der Waals surface area contributed by atoms with E-state index < -0.39 is 5.91 Å². The molecule has 0 N–H and O–H groups in total. The molecule has 2 rings (SSSR count). The van der Waals surface area contributed by atoms with Gasteiger partial charge in [-0.25, -0.2) is 4.99 Å². The van der Waals surface area contributed by atoms with Crippen LogP contribution < -0.4 is 0 Å². The molecule has 0 aliphatic heterocycles. The quantitative estimate of drug-likeness (QED) is 0.613. The van der Waals surface area contributed by atoms with Crippen LogP contribution in [0.5, 0.6) is 0 Å². The van der Waals surface area contributed by atoms with Crippen molar-refractivity contribution < 1.29 is 9.59 Å². The Balaban J connectivity index is 2.08. The minimum atomic E-state index is -0.404. The second-order valence-electron chi connectivity index (χ2n) is 3.81. The molecule has 0 heterocycles. The first-order valence-corrected chi connectivity index (χ1v) is 5.98. The number of carbonyl (C=O) groups is 2. The lowest BCUT2D eigenvalue weighted by molar-refractivity contribution is -0.113. The molecule has 1 aliphatic carbocycles. The second-order valence-corrected chi connectivity index (χ2v) is 4.22. The van der Waals surface area contributed by atoms with Crippen LogP contribution in [-0.4, -0.2) is 17.4 Å². The zero-order valence-corrected chi connectivity index (χ0v) is 10.7. The Bertz CT molecular complexity index is 625. The van der Waals surface area contributed by atoms with Gasteiger partial charge >= 0.3 is 0 Å². The van der Waals surface area contributed by atoms with E-state index in [-0.39, 0.29) is 10.8 Å². The SMILES string of the molecule is O=C(/C=C/c1ccccc1)N=C1C=CC(=O)C(Cl)=C1. The van der Waals surface area contributed by atoms with Crippen LogP contribution in [0.25, 0.3) is 6.08 Å². The number of benzene rings is 1. The predicted molar refractivity (Wildman–Crippen MR) is 76.0 cm³/mol. The van der Waals surface area contributed by atoms with Gasteiger partial charge in [-0.3, -0.25) is 9.59 Å². The number of amides is 1. The molecule has 19 heavy (non-hydrogen) atoms. The van der Waals surface area contributed by atoms with Gasteiger partial charge in [-0.1, -0.05) is 41.9 Å². The van der Waals surface area contributed by atoms with Crippen LogP contribution in [0.4, 0.5) is 0 Å². The number of allylic oxidation sites excluding steroid dienone is 4. The summed E-state index contributed by atoms with van der Waals surface area (Å²) < 4.78 is 0. The molecule has 0 saturated heterocycles. The summed E-state index contributed by atoms with van der Waals surface area (Å²) in [5.41, 5.74) is 1.28. The summed E-state index contributed by atoms with van der Waals surface area (Å²) in [7, 11) is 0. The minimum Gasteiger partial charge on any atom is -0.288 e. The molecule has 0 fully saturated rings. The van der Waals surface area contributed by atoms with Crippen molar-refractivity contribution in [3.63, 3.8) is 0 Å². The number of rotatable bonds is 2. The summed E-state index contributed by atoms with van der Waals surface area (Å²) in [6.07, 6.45) is 7.17. The van der Waals surface area contributed by atoms with Crippen molar-refractivity contribution >= 4 is 35.1 Å². The third-order valence-corrected chi connectivity index (χ3v) is 2.67. The lowest BCUT2D eigenvalue weighted by Gasteiger charge is -2.00. The van der Waals surface area contributed by atoms with E-state index in [0.717, 1.165) is 5.56 Å². The number of hydrogen-bond donors (Lipinski definition) is 0. The van der Waals surface area contributed by atoms with Gasteiger partial charge in [-0.15, -0.1) is 0 Å². The summed E-state index contributed by atoms with van der Waals surface area (Å²) in [5, 5.41) is 0.0566. The largest absolute Gasteiger partial charge is 0.288 e. The summed E-state index contributed by atoms with van der Waals surface area (Å²) >= 11 is 5.67. The number of carbonyl (C=O) groups excluding carboxylic acids is 2. The summed E-state index contributed by atoms with van der Waals surface area (Å²) in [5.74, 6) is -0.688. The van der Waals surface area contributed by atoms with Gasteiger partial charge in [-0.05, 0) is 29.9 Å². The average Bonchev–Trinajstić information content (AvgIpc) is 2.42. The molecule has 1 amide bonds. The van der Waals surface area contributed by atoms with Gasteiger partial charge in [-0.2, -0.15) is 0 Å². The van der Waals surface area contributed by atoms with E-state index in [1.165, 1.54) is 24.3 Å². The normalized spacial score (nSPS) is 17.0. The predicted octanol–water partition coefficient (Wildman–Crippen LogP) is 2.93. The Hall–Kier alpha value is -2.26. The average molecular weight is 272 g/mol. The molecule has 1 aromatic rings. The molecule has 1 aliphatic rings. The molecule has 0 radical (unpaired) electrons. The third-order valence-electron chi connectivity index (χ3n) is 2.37. The van der Waals surface area contributed by atoms with Crippen LogP contribution in [0.1, 0.15) is 5.56 Å². The molecule has 0 aromatic heterocycles. The van der Waals surface area contributed by atoms with Crippen LogP contribution in [0.3, 0.4) is 0 Å². The van der Waals surface area contributed by atoms with E-state index >= 15 is 0 Å². The van der Waals surface area contributed by atoms with E-state index in [9.17, 15) is 9.59 Å². The molecular formula is C15H10ClNO2. The maximum absolute atomic E-state index is 11.6. The van der Waals surface area contributed by atoms with E-state index in [2.05, 4.69) is 4.99 Å². The summed E-state index contributed by atoms with van der Waals surface area (Å²) in [4.78, 5) is 26.5. The van der Waals surface area contributed by atoms with Gasteiger partial charge in [0, 0.05) is 6.08 Å². The Morgan fingerprint density at radius 3 is 2.58 bits per heavy atom. The highest BCUT2D eigenvalue weighted by Crippen LogP contribution is 2.10. The number of ketones is 1. The minimum absolute atomic E-state index is 0.0566. The van der Waals surface area contributed by atoms with Crippen molar-refractivity contribution in [1.82, 2.24) is 0 Å². The van der Waals surface area contributed by atoms with Crippen LogP contribution in [0.2, 0.25) is 0 Å². The fourth-order valence-corrected chi connectivity index (χ4v) is 1.63. The Kier molecular flexibility index (Phi) is 4.21. The zero-order chi connectivity index (χ0) is 13.7. The van der Waals surface area contributed by atoms with E-state index in [1.807, 2.05) is 30.3 Å². The summed E-state index contributed by atoms with van der Waals surface area (Å²) in [6.45, 7) is 0. The molecule has 3 nitrogen and oxygen atoms in total. The van der Waals surface area contributed by atoms with Crippen molar-refractivity contribution in [1.29, 1.82) is 0 Å². The Morgan fingerprint density at radius 1 is 1.16 bits per heavy atom. The fraction of sp³-hybridized carbons (Fsp3) is 0. The molecule has 4 heteroatoms. The molecule has 0 atom stereocenters. The van der Waals surface area contributed by atoms with Crippen molar-refractivity contribution in [3.8, 4) is 0 Å². The molecule has 0 saturated carbocycles. The summed E-state index contributed by atoms with van der Waals surface area (Å²) in [6, 6.07) is 9.43. The van der Waals surface area contributed by atoms with Crippen LogP contribution in [0, 0.1) is 0 Å². The van der Waals surface area contributed by atoms with Crippen LogP contribution >= 0.6 is 11.6 Å². The third kappa shape index (κ3) is 3.86. The molecule has 0 unspecified atom stereocenters. The molecular weight excluding hydrogens is 262 g/mol. The lowest BCUT2D eigenvalue weighted by atomic mass is 10.1. The zero-order valence-electron chi connectivity index (χ0n) is 9.92. The maximum atomic E-state index is 11.6. The van der Waals surface area contributed by atoms with Gasteiger partial charge < -0.3 is 0 Å². The van der Waals surface area contributed by atoms with Crippen LogP contribution in [0.15, 0.2) is 64.7 Å². The van der Waals surface area contributed by atoms with Crippen molar-refractivity contribution in [2.45, 2.75) is 0 Å². The number of aliphatic imine (C=N–C) groups is 1. The van der Waals surface area contributed by atoms with Crippen molar-refractivity contribution in [2.24, 2.45) is 4.99 Å². The van der Waals surface area contributed by atoms with E-state index in [0.29, 0.717) is 5.71 Å². The van der Waals surface area contributed by atoms with Gasteiger partial charge in [0.25, 0.3) is 5.91 Å². The number of nitrogens with zero attached hydrogens (tertiary/aromatic N) is 1. The Labute approximate surface area is 115 Å². The molecule has 94 valence electrons. The monoisotopic (exact) mass is 271 g/mol. The first-order valence-electron chi connectivity index (χ1n) is 5.60. The molecule has 0 bridgehead atoms. The second kappa shape index (κ2) is 6.07. The smallest absolute Gasteiger partial charge is 0.270 e. The maximum Gasteiger partial charge on any atom is 0.270 e. The van der Waals surface area contributed by atoms with Gasteiger partial charge in [0.05, 0.1) is 10.7 Å². The van der Waals surface area contributed by atoms with Crippen LogP contribution in [-0.2, 0) is 9.59 Å². The highest BCUT2D eigenvalue weighted by molar-refractivity contribution is 6.47. The van der Waals surface area contributed by atoms with Crippen molar-refractivity contribution in [2.75, 3.05) is 0 Å². The molecule has 1 aromatic carbocycles. The van der Waals surface area contributed by atoms with E-state index in [1.54, 1.807) is 6.08 Å². The Morgan fingerprint density at radius 2 is 1.89 bits per heavy atom. The highest BCUT2D eigenvalue weighted by atomic mass is 35.5. The number of halogens is 1. The molecule has 0 spiro atoms. The van der Waals surface area contributed by atoms with Crippen molar-refractivity contribution in [3.05, 3.63) is 65.2 Å². The fourth-order valence-electron chi connectivity index (χ4n) is 1.46. The van der Waals surface area contributed by atoms with Gasteiger partial charge in [0.2, 0.25) is 0 Å². The van der Waals surface area contributed by atoms with Gasteiger partial charge in [0.1, 0.15) is 0 Å². The first kappa shape index (κ1) is 13.2. The lowest BCUT2D eigenvalue weighted by Crippen LogP contribution is -2.05. The highest BCUT2D eigenvalue weighted by Gasteiger charge is 2.09. The van der Waals surface area contributed by atoms with Gasteiger partial charge in [0.15, 0.2) is 5.78 Å². The standard InChI is InChI=1S/C15H10ClNO2/c16-13-10-12(7-8-14(13)18)17-15(19)9-6-11-4-2-1-3-5-11/h1-10H/b9-6+,17-12?.